The van der Waals surface area contributed by atoms with Gasteiger partial charge in [0.15, 0.2) is 0 Å². The first-order chi connectivity index (χ1) is 29.9. The van der Waals surface area contributed by atoms with Crippen molar-refractivity contribution in [3.05, 3.63) is 211 Å². The summed E-state index contributed by atoms with van der Waals surface area (Å²) in [6, 6.07) is 67.4. The Morgan fingerprint density at radius 2 is 0.689 bits per heavy atom. The lowest BCUT2D eigenvalue weighted by atomic mass is 9.89. The molecular weight excluding hydrogens is 747 g/mol. The number of para-hydroxylation sites is 2. The molecule has 294 valence electrons. The molecule has 0 aliphatic carbocycles. The molecule has 11 aromatic rings. The van der Waals surface area contributed by atoms with Gasteiger partial charge in [0.2, 0.25) is 11.8 Å². The molecule has 9 aromatic carbocycles. The van der Waals surface area contributed by atoms with Crippen molar-refractivity contribution in [3.63, 3.8) is 0 Å². The number of fused-ring (bicyclic) bond motifs is 2. The number of aryl methyl sites for hydroxylation is 4. The molecule has 0 aliphatic heterocycles. The molecule has 0 bridgehead atoms. The molecule has 0 fully saturated rings. The Hall–Kier alpha value is -7.76. The van der Waals surface area contributed by atoms with E-state index < -0.39 is 0 Å². The SMILES string of the molecule is Cc1cc(N(c2ccccc2)c2ccc(N(c3ccc(N(c4ccccc4)c4cc(C)c(C)o4)cc3)c3ccc4c5cccc6cccc(c7cccc3c74)c65)cc2)oc1C. The number of rotatable bonds is 9. The monoisotopic (exact) mass is 789 g/mol. The molecule has 0 spiro atoms. The van der Waals surface area contributed by atoms with Crippen molar-refractivity contribution in [2.24, 2.45) is 0 Å². The Morgan fingerprint density at radius 1 is 0.311 bits per heavy atom. The molecule has 0 atom stereocenters. The van der Waals surface area contributed by atoms with Gasteiger partial charge in [-0.3, -0.25) is 9.80 Å². The van der Waals surface area contributed by atoms with E-state index in [2.05, 4.69) is 204 Å². The standard InChI is InChI=1S/C56H43N3O2/c1-36-34-53(60-38(36)3)58(41-16-7-5-8-17-41)45-28-24-43(25-29-45)57(44-26-30-46(31-27-44)59(42-18-9-6-10-19-42)54-35-37(2)39(4)61-54)52-33-32-50-48-21-12-15-40-14-11-20-47(55(40)48)49-22-13-23-51(52)56(49)50/h5-35H,1-4H3. The van der Waals surface area contributed by atoms with Gasteiger partial charge in [0, 0.05) is 51.6 Å². The van der Waals surface area contributed by atoms with Crippen LogP contribution < -0.4 is 14.7 Å². The Bertz CT molecular complexity index is 3130. The van der Waals surface area contributed by atoms with E-state index in [0.717, 1.165) is 74.2 Å². The van der Waals surface area contributed by atoms with Gasteiger partial charge in [0.1, 0.15) is 11.5 Å². The summed E-state index contributed by atoms with van der Waals surface area (Å²) in [6.07, 6.45) is 0. The second kappa shape index (κ2) is 14.5. The molecule has 2 heterocycles. The van der Waals surface area contributed by atoms with Crippen LogP contribution in [0.5, 0.6) is 0 Å². The van der Waals surface area contributed by atoms with Crippen LogP contribution in [-0.2, 0) is 0 Å². The highest BCUT2D eigenvalue weighted by molar-refractivity contribution is 6.34. The molecule has 0 unspecified atom stereocenters. The fourth-order valence-corrected chi connectivity index (χ4v) is 9.04. The Balaban J connectivity index is 1.10. The van der Waals surface area contributed by atoms with Crippen LogP contribution in [0, 0.1) is 27.7 Å². The highest BCUT2D eigenvalue weighted by Gasteiger charge is 2.23. The molecule has 0 saturated heterocycles. The fourth-order valence-electron chi connectivity index (χ4n) is 9.04. The third kappa shape index (κ3) is 6.08. The second-order valence-corrected chi connectivity index (χ2v) is 15.9. The van der Waals surface area contributed by atoms with Gasteiger partial charge >= 0.3 is 0 Å². The van der Waals surface area contributed by atoms with Gasteiger partial charge in [-0.1, -0.05) is 97.1 Å². The maximum absolute atomic E-state index is 6.34. The molecule has 0 saturated carbocycles. The van der Waals surface area contributed by atoms with E-state index in [4.69, 9.17) is 8.83 Å². The van der Waals surface area contributed by atoms with Crippen LogP contribution >= 0.6 is 0 Å². The van der Waals surface area contributed by atoms with Crippen LogP contribution in [0.3, 0.4) is 0 Å². The maximum Gasteiger partial charge on any atom is 0.204 e. The number of anilines is 9. The van der Waals surface area contributed by atoms with Crippen molar-refractivity contribution in [2.45, 2.75) is 27.7 Å². The smallest absolute Gasteiger partial charge is 0.204 e. The first-order valence-corrected chi connectivity index (χ1v) is 20.8. The molecular formula is C56H43N3O2. The van der Waals surface area contributed by atoms with Crippen LogP contribution in [0.1, 0.15) is 22.6 Å². The Labute approximate surface area is 355 Å². The molecule has 5 heteroatoms. The zero-order chi connectivity index (χ0) is 41.2. The van der Waals surface area contributed by atoms with Gasteiger partial charge < -0.3 is 13.7 Å². The average Bonchev–Trinajstić information content (AvgIpc) is 3.81. The lowest BCUT2D eigenvalue weighted by Gasteiger charge is -2.29. The van der Waals surface area contributed by atoms with E-state index >= 15 is 0 Å². The fraction of sp³-hybridized carbons (Fsp3) is 0.0714. The lowest BCUT2D eigenvalue weighted by molar-refractivity contribution is 0.538. The van der Waals surface area contributed by atoms with Crippen LogP contribution in [0.2, 0.25) is 0 Å². The predicted octanol–water partition coefficient (Wildman–Crippen LogP) is 16.6. The lowest BCUT2D eigenvalue weighted by Crippen LogP contribution is -2.13. The quantitative estimate of drug-likeness (QED) is 0.108. The van der Waals surface area contributed by atoms with E-state index in [0.29, 0.717) is 0 Å². The van der Waals surface area contributed by atoms with Crippen molar-refractivity contribution in [3.8, 4) is 0 Å². The van der Waals surface area contributed by atoms with Gasteiger partial charge in [-0.25, -0.2) is 0 Å². The highest BCUT2D eigenvalue weighted by Crippen LogP contribution is 2.47. The van der Waals surface area contributed by atoms with E-state index in [-0.39, 0.29) is 0 Å². The third-order valence-corrected chi connectivity index (χ3v) is 12.3. The van der Waals surface area contributed by atoms with Crippen LogP contribution in [0.4, 0.5) is 51.6 Å². The van der Waals surface area contributed by atoms with Gasteiger partial charge in [0.05, 0.1) is 5.69 Å². The number of hydrogen-bond donors (Lipinski definition) is 0. The summed E-state index contributed by atoms with van der Waals surface area (Å²) in [6.45, 7) is 8.21. The van der Waals surface area contributed by atoms with E-state index in [9.17, 15) is 0 Å². The zero-order valence-corrected chi connectivity index (χ0v) is 34.6. The minimum Gasteiger partial charge on any atom is -0.445 e. The van der Waals surface area contributed by atoms with Gasteiger partial charge in [-0.15, -0.1) is 0 Å². The van der Waals surface area contributed by atoms with Crippen molar-refractivity contribution in [1.82, 2.24) is 0 Å². The highest BCUT2D eigenvalue weighted by atomic mass is 16.4. The molecule has 61 heavy (non-hydrogen) atoms. The van der Waals surface area contributed by atoms with Gasteiger partial charge in [-0.05, 0) is 155 Å². The summed E-state index contributed by atoms with van der Waals surface area (Å²) >= 11 is 0. The number of nitrogens with zero attached hydrogens (tertiary/aromatic N) is 3. The van der Waals surface area contributed by atoms with E-state index in [1.165, 1.54) is 43.1 Å². The summed E-state index contributed by atoms with van der Waals surface area (Å²) in [5.74, 6) is 3.38. The normalized spacial score (nSPS) is 11.6. The summed E-state index contributed by atoms with van der Waals surface area (Å²) in [7, 11) is 0. The molecule has 2 aromatic heterocycles. The first-order valence-electron chi connectivity index (χ1n) is 20.8. The van der Waals surface area contributed by atoms with Crippen LogP contribution in [0.15, 0.2) is 197 Å². The van der Waals surface area contributed by atoms with Crippen molar-refractivity contribution >= 4 is 94.7 Å². The summed E-state index contributed by atoms with van der Waals surface area (Å²) in [4.78, 5) is 6.75. The molecule has 5 nitrogen and oxygen atoms in total. The van der Waals surface area contributed by atoms with Crippen molar-refractivity contribution in [2.75, 3.05) is 14.7 Å². The molecule has 11 rings (SSSR count). The van der Waals surface area contributed by atoms with Crippen molar-refractivity contribution < 1.29 is 8.83 Å². The van der Waals surface area contributed by atoms with Gasteiger partial charge in [0.25, 0.3) is 0 Å². The summed E-state index contributed by atoms with van der Waals surface area (Å²) in [5, 5.41) is 10.1. The van der Waals surface area contributed by atoms with Crippen LogP contribution in [0.25, 0.3) is 43.1 Å². The van der Waals surface area contributed by atoms with Crippen molar-refractivity contribution in [1.29, 1.82) is 0 Å². The molecule has 0 N–H and O–H groups in total. The number of benzene rings is 9. The van der Waals surface area contributed by atoms with Crippen LogP contribution in [-0.4, -0.2) is 0 Å². The van der Waals surface area contributed by atoms with E-state index in [1.807, 2.05) is 26.0 Å². The molecule has 0 radical (unpaired) electrons. The summed E-state index contributed by atoms with van der Waals surface area (Å²) < 4.78 is 12.7. The number of furan rings is 2. The largest absolute Gasteiger partial charge is 0.445 e. The maximum atomic E-state index is 6.34. The van der Waals surface area contributed by atoms with Gasteiger partial charge in [-0.2, -0.15) is 0 Å². The second-order valence-electron chi connectivity index (χ2n) is 15.9. The minimum atomic E-state index is 0.783. The molecule has 0 amide bonds. The predicted molar refractivity (Wildman–Crippen MR) is 255 cm³/mol. The van der Waals surface area contributed by atoms with E-state index in [1.54, 1.807) is 0 Å². The Kier molecular flexibility index (Phi) is 8.64. The number of hydrogen-bond acceptors (Lipinski definition) is 5. The molecule has 0 aliphatic rings. The topological polar surface area (TPSA) is 36.0 Å². The zero-order valence-electron chi connectivity index (χ0n) is 34.6. The first kappa shape index (κ1) is 36.3. The summed E-state index contributed by atoms with van der Waals surface area (Å²) in [5.41, 5.74) is 9.47. The third-order valence-electron chi connectivity index (χ3n) is 12.3. The average molecular weight is 790 g/mol. The Morgan fingerprint density at radius 3 is 1.13 bits per heavy atom. The minimum absolute atomic E-state index is 0.783.